The summed E-state index contributed by atoms with van der Waals surface area (Å²) in [6.07, 6.45) is 0.414. The largest absolute Gasteiger partial charge is 0.479 e. The molecule has 1 heterocycles. The van der Waals surface area contributed by atoms with Gasteiger partial charge in [0.2, 0.25) is 11.8 Å². The standard InChI is InChI=1S/C15H26N2O5/c1-15(2,3)14(21)17-7-5-6-10(9-17)12(18)16-8-11(22-4)13(19)20/h10-11H,5-9H2,1-4H3,(H,16,18)(H,19,20). The molecular weight excluding hydrogens is 288 g/mol. The molecule has 7 nitrogen and oxygen atoms in total. The molecule has 0 bridgehead atoms. The minimum Gasteiger partial charge on any atom is -0.479 e. The Morgan fingerprint density at radius 1 is 1.36 bits per heavy atom. The van der Waals surface area contributed by atoms with Crippen LogP contribution in [0.1, 0.15) is 33.6 Å². The van der Waals surface area contributed by atoms with E-state index in [1.807, 2.05) is 20.8 Å². The number of likely N-dealkylation sites (tertiary alicyclic amines) is 1. The van der Waals surface area contributed by atoms with Crippen LogP contribution in [0.3, 0.4) is 0 Å². The van der Waals surface area contributed by atoms with Gasteiger partial charge in [-0.3, -0.25) is 9.59 Å². The zero-order valence-corrected chi connectivity index (χ0v) is 13.7. The first-order chi connectivity index (χ1) is 10.2. The van der Waals surface area contributed by atoms with Crippen LogP contribution in [0.15, 0.2) is 0 Å². The van der Waals surface area contributed by atoms with Gasteiger partial charge in [-0.1, -0.05) is 20.8 Å². The van der Waals surface area contributed by atoms with Crippen molar-refractivity contribution >= 4 is 17.8 Å². The van der Waals surface area contributed by atoms with Crippen molar-refractivity contribution in [1.82, 2.24) is 10.2 Å². The summed E-state index contributed by atoms with van der Waals surface area (Å²) >= 11 is 0. The van der Waals surface area contributed by atoms with Crippen molar-refractivity contribution in [3.8, 4) is 0 Å². The number of nitrogens with one attached hydrogen (secondary N) is 1. The Kier molecular flexibility index (Phi) is 6.34. The predicted octanol–water partition coefficient (Wildman–Crippen LogP) is 0.487. The van der Waals surface area contributed by atoms with E-state index in [9.17, 15) is 14.4 Å². The van der Waals surface area contributed by atoms with E-state index >= 15 is 0 Å². The third-order valence-corrected chi connectivity index (χ3v) is 3.74. The molecule has 126 valence electrons. The molecule has 0 saturated carbocycles. The average molecular weight is 314 g/mol. The van der Waals surface area contributed by atoms with Gasteiger partial charge in [0.05, 0.1) is 12.5 Å². The maximum absolute atomic E-state index is 12.3. The second-order valence-corrected chi connectivity index (χ2v) is 6.65. The smallest absolute Gasteiger partial charge is 0.334 e. The van der Waals surface area contributed by atoms with Crippen molar-refractivity contribution in [1.29, 1.82) is 0 Å². The van der Waals surface area contributed by atoms with Crippen molar-refractivity contribution in [3.63, 3.8) is 0 Å². The Bertz CT molecular complexity index is 430. The van der Waals surface area contributed by atoms with Crippen LogP contribution in [-0.2, 0) is 19.1 Å². The Labute approximate surface area is 131 Å². The van der Waals surface area contributed by atoms with Crippen LogP contribution in [0.2, 0.25) is 0 Å². The molecule has 2 N–H and O–H groups in total. The highest BCUT2D eigenvalue weighted by Gasteiger charge is 2.33. The highest BCUT2D eigenvalue weighted by Crippen LogP contribution is 2.23. The van der Waals surface area contributed by atoms with Gasteiger partial charge in [-0.05, 0) is 12.8 Å². The summed E-state index contributed by atoms with van der Waals surface area (Å²) in [5, 5.41) is 11.5. The fraction of sp³-hybridized carbons (Fsp3) is 0.800. The number of hydrogen-bond donors (Lipinski definition) is 2. The first kappa shape index (κ1) is 18.4. The van der Waals surface area contributed by atoms with Gasteiger partial charge in [0.15, 0.2) is 6.10 Å². The van der Waals surface area contributed by atoms with E-state index in [1.54, 1.807) is 4.90 Å². The molecule has 2 unspecified atom stereocenters. The van der Waals surface area contributed by atoms with Gasteiger partial charge in [0, 0.05) is 25.6 Å². The number of amides is 2. The SMILES string of the molecule is COC(CNC(=O)C1CCCN(C(=O)C(C)(C)C)C1)C(=O)O. The van der Waals surface area contributed by atoms with Gasteiger partial charge >= 0.3 is 5.97 Å². The quantitative estimate of drug-likeness (QED) is 0.770. The first-order valence-electron chi connectivity index (χ1n) is 7.49. The number of carboxylic acids is 1. The Hall–Kier alpha value is -1.63. The molecule has 2 atom stereocenters. The van der Waals surface area contributed by atoms with E-state index < -0.39 is 17.5 Å². The number of carbonyl (C=O) groups excluding carboxylic acids is 2. The van der Waals surface area contributed by atoms with Crippen molar-refractivity contribution in [2.24, 2.45) is 11.3 Å². The molecular formula is C15H26N2O5. The number of aliphatic carboxylic acids is 1. The molecule has 0 aromatic rings. The predicted molar refractivity (Wildman–Crippen MR) is 80.2 cm³/mol. The molecule has 0 aliphatic carbocycles. The first-order valence-corrected chi connectivity index (χ1v) is 7.49. The molecule has 1 aliphatic rings. The number of rotatable bonds is 5. The number of ether oxygens (including phenoxy) is 1. The molecule has 1 rings (SSSR count). The van der Waals surface area contributed by atoms with Crippen molar-refractivity contribution < 1.29 is 24.2 Å². The molecule has 0 spiro atoms. The number of piperidine rings is 1. The summed E-state index contributed by atoms with van der Waals surface area (Å²) in [6.45, 7) is 6.54. The molecule has 2 amide bonds. The van der Waals surface area contributed by atoms with E-state index in [-0.39, 0.29) is 24.3 Å². The summed E-state index contributed by atoms with van der Waals surface area (Å²) in [4.78, 5) is 37.0. The van der Waals surface area contributed by atoms with Crippen LogP contribution in [0.4, 0.5) is 0 Å². The minimum atomic E-state index is -1.11. The number of carboxylic acid groups (broad SMARTS) is 1. The van der Waals surface area contributed by atoms with E-state index in [1.165, 1.54) is 7.11 Å². The van der Waals surface area contributed by atoms with Crippen LogP contribution in [0, 0.1) is 11.3 Å². The van der Waals surface area contributed by atoms with Gasteiger partial charge in [-0.25, -0.2) is 4.79 Å². The zero-order chi connectivity index (χ0) is 16.9. The monoisotopic (exact) mass is 314 g/mol. The topological polar surface area (TPSA) is 95.9 Å². The van der Waals surface area contributed by atoms with E-state index in [0.29, 0.717) is 19.5 Å². The van der Waals surface area contributed by atoms with E-state index in [4.69, 9.17) is 9.84 Å². The lowest BCUT2D eigenvalue weighted by atomic mass is 9.91. The van der Waals surface area contributed by atoms with Crippen LogP contribution in [-0.4, -0.2) is 60.6 Å². The highest BCUT2D eigenvalue weighted by atomic mass is 16.5. The summed E-state index contributed by atoms with van der Waals surface area (Å²) < 4.78 is 4.77. The van der Waals surface area contributed by atoms with Crippen molar-refractivity contribution in [2.45, 2.75) is 39.7 Å². The highest BCUT2D eigenvalue weighted by molar-refractivity contribution is 5.84. The fourth-order valence-corrected chi connectivity index (χ4v) is 2.46. The second kappa shape index (κ2) is 7.58. The Balaban J connectivity index is 2.56. The maximum Gasteiger partial charge on any atom is 0.334 e. The molecule has 0 aromatic carbocycles. The van der Waals surface area contributed by atoms with Crippen LogP contribution < -0.4 is 5.32 Å². The normalized spacial score (nSPS) is 20.4. The van der Waals surface area contributed by atoms with Crippen LogP contribution >= 0.6 is 0 Å². The molecule has 0 radical (unpaired) electrons. The molecule has 1 saturated heterocycles. The summed E-state index contributed by atoms with van der Waals surface area (Å²) in [6, 6.07) is 0. The fourth-order valence-electron chi connectivity index (χ4n) is 2.46. The number of nitrogens with zero attached hydrogens (tertiary/aromatic N) is 1. The zero-order valence-electron chi connectivity index (χ0n) is 13.7. The summed E-state index contributed by atoms with van der Waals surface area (Å²) in [5.74, 6) is -1.61. The molecule has 0 aromatic heterocycles. The van der Waals surface area contributed by atoms with E-state index in [0.717, 1.165) is 6.42 Å². The van der Waals surface area contributed by atoms with Gasteiger partial charge in [-0.15, -0.1) is 0 Å². The van der Waals surface area contributed by atoms with Crippen LogP contribution in [0.25, 0.3) is 0 Å². The number of methoxy groups -OCH3 is 1. The maximum atomic E-state index is 12.3. The third-order valence-electron chi connectivity index (χ3n) is 3.74. The third kappa shape index (κ3) is 4.98. The Morgan fingerprint density at radius 3 is 2.50 bits per heavy atom. The average Bonchev–Trinajstić information content (AvgIpc) is 2.45. The lowest BCUT2D eigenvalue weighted by Crippen LogP contribution is -2.49. The molecule has 22 heavy (non-hydrogen) atoms. The van der Waals surface area contributed by atoms with Crippen LogP contribution in [0.5, 0.6) is 0 Å². The van der Waals surface area contributed by atoms with Gasteiger partial charge < -0.3 is 20.1 Å². The Morgan fingerprint density at radius 2 is 2.00 bits per heavy atom. The summed E-state index contributed by atoms with van der Waals surface area (Å²) in [7, 11) is 1.29. The van der Waals surface area contributed by atoms with Gasteiger partial charge in [0.25, 0.3) is 0 Å². The number of carbonyl (C=O) groups is 3. The van der Waals surface area contributed by atoms with Crippen molar-refractivity contribution in [3.05, 3.63) is 0 Å². The summed E-state index contributed by atoms with van der Waals surface area (Å²) in [5.41, 5.74) is -0.469. The lowest BCUT2D eigenvalue weighted by molar-refractivity contribution is -0.148. The molecule has 1 aliphatic heterocycles. The van der Waals surface area contributed by atoms with Gasteiger partial charge in [0.1, 0.15) is 0 Å². The number of hydrogen-bond acceptors (Lipinski definition) is 4. The minimum absolute atomic E-state index is 0.0327. The van der Waals surface area contributed by atoms with E-state index in [2.05, 4.69) is 5.32 Å². The second-order valence-electron chi connectivity index (χ2n) is 6.65. The van der Waals surface area contributed by atoms with Crippen molar-refractivity contribution in [2.75, 3.05) is 26.7 Å². The molecule has 7 heteroatoms. The molecule has 1 fully saturated rings. The lowest BCUT2D eigenvalue weighted by Gasteiger charge is -2.36. The van der Waals surface area contributed by atoms with Gasteiger partial charge in [-0.2, -0.15) is 0 Å².